The summed E-state index contributed by atoms with van der Waals surface area (Å²) in [5.41, 5.74) is 4.31. The Morgan fingerprint density at radius 3 is 2.68 bits per heavy atom. The van der Waals surface area contributed by atoms with E-state index < -0.39 is 0 Å². The number of carbonyl (C=O) groups excluding carboxylic acids is 1. The Bertz CT molecular complexity index is 1030. The summed E-state index contributed by atoms with van der Waals surface area (Å²) in [4.78, 5) is 23.1. The van der Waals surface area contributed by atoms with E-state index in [9.17, 15) is 4.79 Å². The second-order valence-corrected chi connectivity index (χ2v) is 6.57. The van der Waals surface area contributed by atoms with Gasteiger partial charge in [-0.1, -0.05) is 30.3 Å². The molecule has 1 amide bonds. The highest BCUT2D eigenvalue weighted by Gasteiger charge is 2.23. The van der Waals surface area contributed by atoms with Crippen molar-refractivity contribution >= 4 is 6.09 Å². The van der Waals surface area contributed by atoms with E-state index in [1.807, 2.05) is 42.5 Å². The summed E-state index contributed by atoms with van der Waals surface area (Å²) >= 11 is 0. The van der Waals surface area contributed by atoms with E-state index in [-0.39, 0.29) is 12.7 Å². The van der Waals surface area contributed by atoms with Crippen LogP contribution < -0.4 is 0 Å². The molecule has 138 valence electrons. The van der Waals surface area contributed by atoms with Gasteiger partial charge >= 0.3 is 6.09 Å². The molecule has 4 rings (SSSR count). The van der Waals surface area contributed by atoms with Gasteiger partial charge in [-0.25, -0.2) is 14.8 Å². The second kappa shape index (κ2) is 7.89. The Kier molecular flexibility index (Phi) is 4.98. The van der Waals surface area contributed by atoms with Gasteiger partial charge in [-0.15, -0.1) is 0 Å². The molecule has 1 aliphatic heterocycles. The van der Waals surface area contributed by atoms with E-state index >= 15 is 0 Å². The monoisotopic (exact) mass is 370 g/mol. The lowest BCUT2D eigenvalue weighted by molar-refractivity contribution is 0.0915. The van der Waals surface area contributed by atoms with Crippen molar-refractivity contribution in [1.29, 1.82) is 5.26 Å². The lowest BCUT2D eigenvalue weighted by Gasteiger charge is -2.27. The first-order valence-corrected chi connectivity index (χ1v) is 9.04. The van der Waals surface area contributed by atoms with Gasteiger partial charge in [-0.3, -0.25) is 0 Å². The summed E-state index contributed by atoms with van der Waals surface area (Å²) in [7, 11) is 0. The van der Waals surface area contributed by atoms with Crippen molar-refractivity contribution in [2.75, 3.05) is 6.54 Å². The quantitative estimate of drug-likeness (QED) is 0.702. The van der Waals surface area contributed by atoms with E-state index in [4.69, 9.17) is 10.00 Å². The molecular weight excluding hydrogens is 352 g/mol. The number of hydrogen-bond donors (Lipinski definition) is 0. The molecule has 1 aromatic heterocycles. The highest BCUT2D eigenvalue weighted by molar-refractivity contribution is 5.68. The highest BCUT2D eigenvalue weighted by atomic mass is 16.6. The Morgan fingerprint density at radius 1 is 1.14 bits per heavy atom. The van der Waals surface area contributed by atoms with Crippen LogP contribution in [0.5, 0.6) is 0 Å². The molecule has 6 heteroatoms. The topological polar surface area (TPSA) is 79.1 Å². The molecule has 0 radical (unpaired) electrons. The predicted molar refractivity (Wildman–Crippen MR) is 103 cm³/mol. The fourth-order valence-electron chi connectivity index (χ4n) is 3.12. The maximum atomic E-state index is 12.4. The number of fused-ring (bicyclic) bond motifs is 1. The minimum absolute atomic E-state index is 0.261. The van der Waals surface area contributed by atoms with Crippen molar-refractivity contribution in [3.05, 3.63) is 83.2 Å². The lowest BCUT2D eigenvalue weighted by atomic mass is 10.1. The van der Waals surface area contributed by atoms with Gasteiger partial charge in [0, 0.05) is 30.3 Å². The van der Waals surface area contributed by atoms with Gasteiger partial charge in [0.1, 0.15) is 6.61 Å². The predicted octanol–water partition coefficient (Wildman–Crippen LogP) is 3.71. The molecule has 0 atom stereocenters. The van der Waals surface area contributed by atoms with Crippen LogP contribution in [-0.2, 0) is 24.3 Å². The van der Waals surface area contributed by atoms with Crippen LogP contribution in [0.3, 0.4) is 0 Å². The van der Waals surface area contributed by atoms with Gasteiger partial charge < -0.3 is 9.64 Å². The smallest absolute Gasteiger partial charge is 0.410 e. The average molecular weight is 370 g/mol. The number of ether oxygens (including phenoxy) is 1. The fraction of sp³-hybridized carbons (Fsp3) is 0.182. The van der Waals surface area contributed by atoms with E-state index in [2.05, 4.69) is 16.0 Å². The molecule has 0 N–H and O–H groups in total. The number of hydrogen-bond acceptors (Lipinski definition) is 5. The average Bonchev–Trinajstić information content (AvgIpc) is 2.77. The summed E-state index contributed by atoms with van der Waals surface area (Å²) < 4.78 is 5.42. The van der Waals surface area contributed by atoms with Crippen LogP contribution >= 0.6 is 0 Å². The normalized spacial score (nSPS) is 12.8. The summed E-state index contributed by atoms with van der Waals surface area (Å²) in [6, 6.07) is 18.9. The molecule has 0 aliphatic carbocycles. The van der Waals surface area contributed by atoms with Crippen LogP contribution in [0.25, 0.3) is 11.4 Å². The molecule has 0 saturated heterocycles. The van der Waals surface area contributed by atoms with Gasteiger partial charge in [0.05, 0.1) is 23.9 Å². The first-order valence-electron chi connectivity index (χ1n) is 9.04. The minimum atomic E-state index is -0.328. The number of benzene rings is 2. The lowest BCUT2D eigenvalue weighted by Crippen LogP contribution is -2.36. The van der Waals surface area contributed by atoms with E-state index in [1.54, 1.807) is 23.2 Å². The molecule has 0 spiro atoms. The van der Waals surface area contributed by atoms with Gasteiger partial charge in [-0.05, 0) is 29.8 Å². The Morgan fingerprint density at radius 2 is 1.93 bits per heavy atom. The zero-order chi connectivity index (χ0) is 19.3. The molecule has 1 aliphatic rings. The minimum Gasteiger partial charge on any atom is -0.445 e. The van der Waals surface area contributed by atoms with Crippen molar-refractivity contribution < 1.29 is 9.53 Å². The SMILES string of the molecule is N#Cc1ccc(-c2ncc3c(n2)CCN(C(=O)OCc2ccccc2)C3)cc1. The number of amides is 1. The number of nitrogens with zero attached hydrogens (tertiary/aromatic N) is 4. The Labute approximate surface area is 163 Å². The maximum Gasteiger partial charge on any atom is 0.410 e. The standard InChI is InChI=1S/C22H18N4O2/c23-12-16-6-8-18(9-7-16)21-24-13-19-14-26(11-10-20(19)25-21)22(27)28-15-17-4-2-1-3-5-17/h1-9,13H,10-11,14-15H2. The van der Waals surface area contributed by atoms with E-state index in [0.717, 1.165) is 22.4 Å². The first kappa shape index (κ1) is 17.7. The summed E-state index contributed by atoms with van der Waals surface area (Å²) in [5, 5.41) is 8.91. The highest BCUT2D eigenvalue weighted by Crippen LogP contribution is 2.22. The van der Waals surface area contributed by atoms with Crippen molar-refractivity contribution in [3.8, 4) is 17.5 Å². The second-order valence-electron chi connectivity index (χ2n) is 6.57. The third-order valence-corrected chi connectivity index (χ3v) is 4.67. The van der Waals surface area contributed by atoms with Gasteiger partial charge in [-0.2, -0.15) is 5.26 Å². The van der Waals surface area contributed by atoms with Gasteiger partial charge in [0.2, 0.25) is 0 Å². The molecule has 6 nitrogen and oxygen atoms in total. The molecule has 2 heterocycles. The number of aromatic nitrogens is 2. The van der Waals surface area contributed by atoms with Crippen molar-refractivity contribution in [1.82, 2.24) is 14.9 Å². The first-order chi connectivity index (χ1) is 13.7. The molecular formula is C22H18N4O2. The summed E-state index contributed by atoms with van der Waals surface area (Å²) in [5.74, 6) is 0.628. The largest absolute Gasteiger partial charge is 0.445 e. The van der Waals surface area contributed by atoms with Crippen LogP contribution in [0.1, 0.15) is 22.4 Å². The Hall–Kier alpha value is -3.72. The van der Waals surface area contributed by atoms with Crippen molar-refractivity contribution in [2.24, 2.45) is 0 Å². The molecule has 0 bridgehead atoms. The van der Waals surface area contributed by atoms with Crippen molar-refractivity contribution in [2.45, 2.75) is 19.6 Å². The number of carbonyl (C=O) groups is 1. The maximum absolute atomic E-state index is 12.4. The van der Waals surface area contributed by atoms with Crippen LogP contribution in [0.4, 0.5) is 4.79 Å². The summed E-state index contributed by atoms with van der Waals surface area (Å²) in [6.45, 7) is 1.26. The van der Waals surface area contributed by atoms with E-state index in [1.165, 1.54) is 0 Å². The van der Waals surface area contributed by atoms with Crippen LogP contribution in [-0.4, -0.2) is 27.5 Å². The van der Waals surface area contributed by atoms with E-state index in [0.29, 0.717) is 30.9 Å². The zero-order valence-corrected chi connectivity index (χ0v) is 15.2. The number of rotatable bonds is 3. The fourth-order valence-corrected chi connectivity index (χ4v) is 3.12. The molecule has 0 unspecified atom stereocenters. The van der Waals surface area contributed by atoms with Gasteiger partial charge in [0.15, 0.2) is 5.82 Å². The molecule has 2 aromatic carbocycles. The third-order valence-electron chi connectivity index (χ3n) is 4.67. The molecule has 28 heavy (non-hydrogen) atoms. The number of nitriles is 1. The Balaban J connectivity index is 1.42. The molecule has 0 saturated carbocycles. The van der Waals surface area contributed by atoms with Crippen molar-refractivity contribution in [3.63, 3.8) is 0 Å². The van der Waals surface area contributed by atoms with Crippen LogP contribution in [0.2, 0.25) is 0 Å². The molecule has 3 aromatic rings. The van der Waals surface area contributed by atoms with Crippen LogP contribution in [0.15, 0.2) is 60.8 Å². The zero-order valence-electron chi connectivity index (χ0n) is 15.2. The van der Waals surface area contributed by atoms with Crippen LogP contribution in [0, 0.1) is 11.3 Å². The summed E-state index contributed by atoms with van der Waals surface area (Å²) in [6.07, 6.45) is 2.10. The third kappa shape index (κ3) is 3.84. The van der Waals surface area contributed by atoms with Gasteiger partial charge in [0.25, 0.3) is 0 Å². The molecule has 0 fully saturated rings.